The molecular weight excluding hydrogens is 296 g/mol. The van der Waals surface area contributed by atoms with Crippen molar-refractivity contribution in [1.82, 2.24) is 15.3 Å². The van der Waals surface area contributed by atoms with Crippen molar-refractivity contribution in [3.05, 3.63) is 62.7 Å². The van der Waals surface area contributed by atoms with Crippen molar-refractivity contribution < 1.29 is 9.72 Å². The van der Waals surface area contributed by atoms with Gasteiger partial charge in [0.2, 0.25) is 0 Å². The molecule has 1 amide bonds. The zero-order valence-electron chi connectivity index (χ0n) is 11.0. The fourth-order valence-electron chi connectivity index (χ4n) is 1.58. The molecule has 2 aromatic rings. The molecule has 108 valence electrons. The number of nitro groups is 1. The Bertz CT molecular complexity index is 688. The predicted molar refractivity (Wildman–Crippen MR) is 76.0 cm³/mol. The van der Waals surface area contributed by atoms with Crippen LogP contribution in [0, 0.1) is 17.0 Å². The largest absolute Gasteiger partial charge is 0.346 e. The number of carbonyl (C=O) groups is 1. The highest BCUT2D eigenvalue weighted by Gasteiger charge is 2.14. The quantitative estimate of drug-likeness (QED) is 0.690. The second kappa shape index (κ2) is 6.27. The molecule has 0 aliphatic heterocycles. The van der Waals surface area contributed by atoms with Gasteiger partial charge in [0.25, 0.3) is 11.6 Å². The number of rotatable bonds is 4. The van der Waals surface area contributed by atoms with E-state index in [1.165, 1.54) is 12.1 Å². The Balaban J connectivity index is 2.06. The summed E-state index contributed by atoms with van der Waals surface area (Å²) in [6.07, 6.45) is 3.16. The average molecular weight is 307 g/mol. The van der Waals surface area contributed by atoms with E-state index < -0.39 is 10.8 Å². The Hall–Kier alpha value is -2.54. The van der Waals surface area contributed by atoms with Gasteiger partial charge in [-0.25, -0.2) is 0 Å². The molecule has 0 aliphatic rings. The van der Waals surface area contributed by atoms with Crippen LogP contribution in [0.15, 0.2) is 30.6 Å². The summed E-state index contributed by atoms with van der Waals surface area (Å²) in [6.45, 7) is 2.01. The fraction of sp³-hybridized carbons (Fsp3) is 0.154. The normalized spacial score (nSPS) is 10.2. The van der Waals surface area contributed by atoms with Crippen LogP contribution >= 0.6 is 11.6 Å². The lowest BCUT2D eigenvalue weighted by atomic mass is 10.2. The molecule has 0 saturated heterocycles. The molecule has 0 atom stereocenters. The van der Waals surface area contributed by atoms with E-state index in [1.54, 1.807) is 12.4 Å². The van der Waals surface area contributed by atoms with Gasteiger partial charge in [-0.1, -0.05) is 11.6 Å². The maximum absolute atomic E-state index is 12.0. The first-order valence-corrected chi connectivity index (χ1v) is 6.35. The van der Waals surface area contributed by atoms with Gasteiger partial charge in [-0.15, -0.1) is 0 Å². The molecular formula is C13H11ClN4O3. The Morgan fingerprint density at radius 2 is 2.14 bits per heavy atom. The van der Waals surface area contributed by atoms with E-state index in [2.05, 4.69) is 15.3 Å². The van der Waals surface area contributed by atoms with E-state index >= 15 is 0 Å². The number of nitro benzene ring substituents is 1. The van der Waals surface area contributed by atoms with Gasteiger partial charge in [0, 0.05) is 18.3 Å². The van der Waals surface area contributed by atoms with Crippen LogP contribution in [0.1, 0.15) is 21.7 Å². The lowest BCUT2D eigenvalue weighted by Crippen LogP contribution is -2.23. The Labute approximate surface area is 125 Å². The van der Waals surface area contributed by atoms with Crippen molar-refractivity contribution in [3.8, 4) is 0 Å². The third-order valence-corrected chi connectivity index (χ3v) is 2.99. The summed E-state index contributed by atoms with van der Waals surface area (Å²) in [5, 5.41) is 13.3. The van der Waals surface area contributed by atoms with Crippen LogP contribution in [0.4, 0.5) is 5.69 Å². The molecule has 7 nitrogen and oxygen atoms in total. The van der Waals surface area contributed by atoms with Crippen LogP contribution in [0.5, 0.6) is 0 Å². The molecule has 0 radical (unpaired) electrons. The highest BCUT2D eigenvalue weighted by Crippen LogP contribution is 2.22. The minimum Gasteiger partial charge on any atom is -0.346 e. The molecule has 1 heterocycles. The van der Waals surface area contributed by atoms with Crippen LogP contribution < -0.4 is 5.32 Å². The SMILES string of the molecule is Cc1cnc(CNC(=O)c2ccc([N+](=O)[O-])cc2Cl)cn1. The molecule has 2 rings (SSSR count). The van der Waals surface area contributed by atoms with E-state index in [-0.39, 0.29) is 22.8 Å². The molecule has 0 fully saturated rings. The summed E-state index contributed by atoms with van der Waals surface area (Å²) in [6, 6.07) is 3.69. The number of aryl methyl sites for hydroxylation is 1. The van der Waals surface area contributed by atoms with Gasteiger partial charge < -0.3 is 5.32 Å². The molecule has 0 spiro atoms. The zero-order chi connectivity index (χ0) is 15.4. The van der Waals surface area contributed by atoms with E-state index in [4.69, 9.17) is 11.6 Å². The number of carbonyl (C=O) groups excluding carboxylic acids is 1. The van der Waals surface area contributed by atoms with Crippen LogP contribution in [0.2, 0.25) is 5.02 Å². The summed E-state index contributed by atoms with van der Waals surface area (Å²) in [7, 11) is 0. The topological polar surface area (TPSA) is 98.0 Å². The summed E-state index contributed by atoms with van der Waals surface area (Å²) in [5.41, 5.74) is 1.39. The highest BCUT2D eigenvalue weighted by molar-refractivity contribution is 6.34. The summed E-state index contributed by atoms with van der Waals surface area (Å²) < 4.78 is 0. The number of hydrogen-bond acceptors (Lipinski definition) is 5. The van der Waals surface area contributed by atoms with Gasteiger partial charge in [-0.3, -0.25) is 24.9 Å². The number of nitrogens with one attached hydrogen (secondary N) is 1. The molecule has 0 aliphatic carbocycles. The minimum atomic E-state index is -0.574. The van der Waals surface area contributed by atoms with Gasteiger partial charge in [0.05, 0.1) is 39.6 Å². The molecule has 0 saturated carbocycles. The van der Waals surface area contributed by atoms with Crippen molar-refractivity contribution in [2.45, 2.75) is 13.5 Å². The van der Waals surface area contributed by atoms with E-state index in [9.17, 15) is 14.9 Å². The summed E-state index contributed by atoms with van der Waals surface area (Å²) in [4.78, 5) is 30.2. The van der Waals surface area contributed by atoms with Crippen LogP contribution in [0.3, 0.4) is 0 Å². The number of halogens is 1. The second-order valence-electron chi connectivity index (χ2n) is 4.25. The maximum atomic E-state index is 12.0. The molecule has 1 N–H and O–H groups in total. The average Bonchev–Trinajstić information content (AvgIpc) is 2.46. The van der Waals surface area contributed by atoms with Gasteiger partial charge in [-0.2, -0.15) is 0 Å². The highest BCUT2D eigenvalue weighted by atomic mass is 35.5. The maximum Gasteiger partial charge on any atom is 0.270 e. The van der Waals surface area contributed by atoms with Crippen molar-refractivity contribution in [2.24, 2.45) is 0 Å². The standard InChI is InChI=1S/C13H11ClN4O3/c1-8-5-16-9(6-15-8)7-17-13(19)11-3-2-10(18(20)21)4-12(11)14/h2-6H,7H2,1H3,(H,17,19). The third-order valence-electron chi connectivity index (χ3n) is 2.67. The van der Waals surface area contributed by atoms with E-state index in [1.807, 2.05) is 6.92 Å². The van der Waals surface area contributed by atoms with Crippen LogP contribution in [-0.2, 0) is 6.54 Å². The number of benzene rings is 1. The summed E-state index contributed by atoms with van der Waals surface area (Å²) in [5.74, 6) is -0.433. The van der Waals surface area contributed by atoms with Gasteiger partial charge >= 0.3 is 0 Å². The van der Waals surface area contributed by atoms with Crippen LogP contribution in [0.25, 0.3) is 0 Å². The van der Waals surface area contributed by atoms with Gasteiger partial charge in [0.1, 0.15) is 0 Å². The number of nitrogens with zero attached hydrogens (tertiary/aromatic N) is 3. The number of non-ortho nitro benzene ring substituents is 1. The first-order valence-electron chi connectivity index (χ1n) is 5.97. The second-order valence-corrected chi connectivity index (χ2v) is 4.66. The van der Waals surface area contributed by atoms with Crippen molar-refractivity contribution in [1.29, 1.82) is 0 Å². The van der Waals surface area contributed by atoms with E-state index in [0.717, 1.165) is 11.8 Å². The van der Waals surface area contributed by atoms with Crippen molar-refractivity contribution in [3.63, 3.8) is 0 Å². The fourth-order valence-corrected chi connectivity index (χ4v) is 1.84. The summed E-state index contributed by atoms with van der Waals surface area (Å²) >= 11 is 5.88. The monoisotopic (exact) mass is 306 g/mol. The number of amides is 1. The predicted octanol–water partition coefficient (Wildman–Crippen LogP) is 2.28. The molecule has 8 heteroatoms. The van der Waals surface area contributed by atoms with Crippen LogP contribution in [-0.4, -0.2) is 20.8 Å². The Morgan fingerprint density at radius 1 is 1.38 bits per heavy atom. The molecule has 0 unspecified atom stereocenters. The molecule has 1 aromatic heterocycles. The zero-order valence-corrected chi connectivity index (χ0v) is 11.8. The molecule has 0 bridgehead atoms. The van der Waals surface area contributed by atoms with Gasteiger partial charge in [0.15, 0.2) is 0 Å². The Kier molecular flexibility index (Phi) is 4.44. The third kappa shape index (κ3) is 3.73. The van der Waals surface area contributed by atoms with Crippen molar-refractivity contribution in [2.75, 3.05) is 0 Å². The minimum absolute atomic E-state index is 0.0247. The number of hydrogen-bond donors (Lipinski definition) is 1. The first kappa shape index (κ1) is 14.9. The smallest absolute Gasteiger partial charge is 0.270 e. The lowest BCUT2D eigenvalue weighted by Gasteiger charge is -2.06. The lowest BCUT2D eigenvalue weighted by molar-refractivity contribution is -0.384. The first-order chi connectivity index (χ1) is 9.97. The number of aromatic nitrogens is 2. The van der Waals surface area contributed by atoms with Crippen molar-refractivity contribution >= 4 is 23.2 Å². The molecule has 21 heavy (non-hydrogen) atoms. The Morgan fingerprint density at radius 3 is 2.71 bits per heavy atom. The van der Waals surface area contributed by atoms with E-state index in [0.29, 0.717) is 5.69 Å². The van der Waals surface area contributed by atoms with Gasteiger partial charge in [-0.05, 0) is 13.0 Å². The molecule has 1 aromatic carbocycles.